The van der Waals surface area contributed by atoms with Crippen LogP contribution in [-0.2, 0) is 9.53 Å². The number of nitrogens with one attached hydrogen (secondary N) is 2. The van der Waals surface area contributed by atoms with Crippen molar-refractivity contribution >= 4 is 46.0 Å². The lowest BCUT2D eigenvalue weighted by molar-refractivity contribution is -0.113. The van der Waals surface area contributed by atoms with Gasteiger partial charge in [0, 0.05) is 17.6 Å². The SMILES string of the molecule is CCNc1nc(SCC(=O)Nc2cc(C(=O)OC)ccc2C)nc2ccccc12. The lowest BCUT2D eigenvalue weighted by atomic mass is 10.1. The van der Waals surface area contributed by atoms with Gasteiger partial charge >= 0.3 is 5.97 Å². The number of aryl methyl sites for hydroxylation is 1. The molecule has 3 aromatic rings. The summed E-state index contributed by atoms with van der Waals surface area (Å²) < 4.78 is 4.73. The fourth-order valence-corrected chi connectivity index (χ4v) is 3.39. The topological polar surface area (TPSA) is 93.2 Å². The number of para-hydroxylation sites is 1. The normalized spacial score (nSPS) is 10.6. The summed E-state index contributed by atoms with van der Waals surface area (Å²) in [5, 5.41) is 7.54. The Labute approximate surface area is 173 Å². The van der Waals surface area contributed by atoms with Crippen molar-refractivity contribution in [2.75, 3.05) is 30.0 Å². The van der Waals surface area contributed by atoms with Gasteiger partial charge in [0.25, 0.3) is 0 Å². The van der Waals surface area contributed by atoms with E-state index in [0.29, 0.717) is 16.4 Å². The van der Waals surface area contributed by atoms with Gasteiger partial charge < -0.3 is 15.4 Å². The van der Waals surface area contributed by atoms with E-state index in [-0.39, 0.29) is 11.7 Å². The maximum atomic E-state index is 12.4. The van der Waals surface area contributed by atoms with E-state index >= 15 is 0 Å². The summed E-state index contributed by atoms with van der Waals surface area (Å²) in [7, 11) is 1.32. The summed E-state index contributed by atoms with van der Waals surface area (Å²) in [6, 6.07) is 12.8. The second-order valence-electron chi connectivity index (χ2n) is 6.26. The van der Waals surface area contributed by atoms with Gasteiger partial charge in [-0.3, -0.25) is 4.79 Å². The molecule has 7 nitrogen and oxygen atoms in total. The van der Waals surface area contributed by atoms with Gasteiger partial charge in [0.05, 0.1) is 23.9 Å². The van der Waals surface area contributed by atoms with E-state index in [0.717, 1.165) is 28.8 Å². The van der Waals surface area contributed by atoms with Crippen LogP contribution in [0.3, 0.4) is 0 Å². The molecule has 1 heterocycles. The number of carbonyl (C=O) groups excluding carboxylic acids is 2. The zero-order chi connectivity index (χ0) is 20.8. The Hall–Kier alpha value is -3.13. The molecular weight excluding hydrogens is 388 g/mol. The molecule has 0 saturated heterocycles. The fourth-order valence-electron chi connectivity index (χ4n) is 2.74. The Balaban J connectivity index is 1.72. The number of thioether (sulfide) groups is 1. The number of aromatic nitrogens is 2. The fraction of sp³-hybridized carbons (Fsp3) is 0.238. The number of nitrogens with zero attached hydrogens (tertiary/aromatic N) is 2. The molecule has 0 aliphatic heterocycles. The summed E-state index contributed by atoms with van der Waals surface area (Å²) in [6.45, 7) is 4.60. The Morgan fingerprint density at radius 3 is 2.69 bits per heavy atom. The molecule has 0 spiro atoms. The van der Waals surface area contributed by atoms with Crippen LogP contribution in [0.25, 0.3) is 10.9 Å². The maximum absolute atomic E-state index is 12.4. The number of esters is 1. The average Bonchev–Trinajstić information content (AvgIpc) is 2.73. The minimum absolute atomic E-state index is 0.145. The Kier molecular flexibility index (Phi) is 6.66. The molecule has 2 aromatic carbocycles. The number of hydrogen-bond donors (Lipinski definition) is 2. The highest BCUT2D eigenvalue weighted by molar-refractivity contribution is 7.99. The van der Waals surface area contributed by atoms with Crippen molar-refractivity contribution in [2.45, 2.75) is 19.0 Å². The molecule has 0 bridgehead atoms. The smallest absolute Gasteiger partial charge is 0.337 e. The van der Waals surface area contributed by atoms with Gasteiger partial charge in [-0.05, 0) is 43.7 Å². The summed E-state index contributed by atoms with van der Waals surface area (Å²) in [6.07, 6.45) is 0. The van der Waals surface area contributed by atoms with Crippen LogP contribution in [0.15, 0.2) is 47.6 Å². The second-order valence-corrected chi connectivity index (χ2v) is 7.20. The van der Waals surface area contributed by atoms with E-state index in [4.69, 9.17) is 4.74 Å². The van der Waals surface area contributed by atoms with E-state index in [1.807, 2.05) is 38.1 Å². The van der Waals surface area contributed by atoms with Crippen molar-refractivity contribution in [3.63, 3.8) is 0 Å². The Bertz CT molecular complexity index is 1060. The van der Waals surface area contributed by atoms with Crippen LogP contribution < -0.4 is 10.6 Å². The van der Waals surface area contributed by atoms with Crippen LogP contribution in [0, 0.1) is 6.92 Å². The zero-order valence-corrected chi connectivity index (χ0v) is 17.3. The van der Waals surface area contributed by atoms with Gasteiger partial charge in [0.15, 0.2) is 5.16 Å². The standard InChI is InChI=1S/C21H22N4O3S/c1-4-22-19-15-7-5-6-8-16(15)24-21(25-19)29-12-18(26)23-17-11-14(20(27)28-3)10-9-13(17)2/h5-11H,4,12H2,1-3H3,(H,23,26)(H,22,24,25). The van der Waals surface area contributed by atoms with E-state index in [1.165, 1.54) is 18.9 Å². The molecule has 150 valence electrons. The molecule has 0 aliphatic carbocycles. The highest BCUT2D eigenvalue weighted by Gasteiger charge is 2.13. The van der Waals surface area contributed by atoms with Crippen molar-refractivity contribution in [1.29, 1.82) is 0 Å². The van der Waals surface area contributed by atoms with Crippen molar-refractivity contribution in [3.05, 3.63) is 53.6 Å². The third-order valence-electron chi connectivity index (χ3n) is 4.19. The van der Waals surface area contributed by atoms with Gasteiger partial charge in [-0.15, -0.1) is 0 Å². The predicted molar refractivity (Wildman–Crippen MR) is 116 cm³/mol. The molecule has 1 amide bonds. The molecule has 0 atom stereocenters. The molecule has 0 saturated carbocycles. The highest BCUT2D eigenvalue weighted by atomic mass is 32.2. The molecule has 29 heavy (non-hydrogen) atoms. The summed E-state index contributed by atoms with van der Waals surface area (Å²) in [4.78, 5) is 33.2. The second kappa shape index (κ2) is 9.38. The third-order valence-corrected chi connectivity index (χ3v) is 5.04. The van der Waals surface area contributed by atoms with Crippen molar-refractivity contribution in [2.24, 2.45) is 0 Å². The number of amides is 1. The van der Waals surface area contributed by atoms with E-state index < -0.39 is 5.97 Å². The van der Waals surface area contributed by atoms with Crippen LogP contribution in [0.5, 0.6) is 0 Å². The first-order chi connectivity index (χ1) is 14.0. The van der Waals surface area contributed by atoms with Gasteiger partial charge in [-0.25, -0.2) is 14.8 Å². The van der Waals surface area contributed by atoms with E-state index in [9.17, 15) is 9.59 Å². The minimum Gasteiger partial charge on any atom is -0.465 e. The van der Waals surface area contributed by atoms with Crippen molar-refractivity contribution in [3.8, 4) is 0 Å². The predicted octanol–water partition coefficient (Wildman–Crippen LogP) is 3.89. The Morgan fingerprint density at radius 2 is 1.93 bits per heavy atom. The first-order valence-electron chi connectivity index (χ1n) is 9.14. The third kappa shape index (κ3) is 5.03. The summed E-state index contributed by atoms with van der Waals surface area (Å²) in [5.41, 5.74) is 2.64. The monoisotopic (exact) mass is 410 g/mol. The number of ether oxygens (including phenoxy) is 1. The molecule has 1 aromatic heterocycles. The number of carbonyl (C=O) groups is 2. The zero-order valence-electron chi connectivity index (χ0n) is 16.5. The molecule has 8 heteroatoms. The van der Waals surface area contributed by atoms with Gasteiger partial charge in [0.2, 0.25) is 5.91 Å². The largest absolute Gasteiger partial charge is 0.465 e. The van der Waals surface area contributed by atoms with Gasteiger partial charge in [0.1, 0.15) is 5.82 Å². The number of fused-ring (bicyclic) bond motifs is 1. The highest BCUT2D eigenvalue weighted by Crippen LogP contribution is 2.25. The van der Waals surface area contributed by atoms with Crippen LogP contribution >= 0.6 is 11.8 Å². The molecular formula is C21H22N4O3S. The number of hydrogen-bond acceptors (Lipinski definition) is 7. The molecule has 3 rings (SSSR count). The first kappa shape index (κ1) is 20.6. The average molecular weight is 410 g/mol. The van der Waals surface area contributed by atoms with Crippen LogP contribution in [0.1, 0.15) is 22.8 Å². The van der Waals surface area contributed by atoms with Crippen molar-refractivity contribution in [1.82, 2.24) is 9.97 Å². The molecule has 0 radical (unpaired) electrons. The molecule has 0 aliphatic rings. The lowest BCUT2D eigenvalue weighted by Gasteiger charge is -2.11. The maximum Gasteiger partial charge on any atom is 0.337 e. The first-order valence-corrected chi connectivity index (χ1v) is 10.1. The van der Waals surface area contributed by atoms with Gasteiger partial charge in [-0.2, -0.15) is 0 Å². The molecule has 0 fully saturated rings. The number of anilines is 2. The number of methoxy groups -OCH3 is 1. The van der Waals surface area contributed by atoms with Crippen LogP contribution in [0.2, 0.25) is 0 Å². The van der Waals surface area contributed by atoms with Crippen LogP contribution in [0.4, 0.5) is 11.5 Å². The number of benzene rings is 2. The molecule has 0 unspecified atom stereocenters. The molecule has 2 N–H and O–H groups in total. The van der Waals surface area contributed by atoms with Gasteiger partial charge in [-0.1, -0.05) is 30.0 Å². The van der Waals surface area contributed by atoms with Crippen LogP contribution in [-0.4, -0.2) is 41.3 Å². The lowest BCUT2D eigenvalue weighted by Crippen LogP contribution is -2.16. The van der Waals surface area contributed by atoms with E-state index in [1.54, 1.807) is 18.2 Å². The summed E-state index contributed by atoms with van der Waals surface area (Å²) in [5.74, 6) is 0.242. The van der Waals surface area contributed by atoms with Crippen molar-refractivity contribution < 1.29 is 14.3 Å². The summed E-state index contributed by atoms with van der Waals surface area (Å²) >= 11 is 1.26. The minimum atomic E-state index is -0.449. The Morgan fingerprint density at radius 1 is 1.14 bits per heavy atom. The number of rotatable bonds is 7. The quantitative estimate of drug-likeness (QED) is 0.347. The van der Waals surface area contributed by atoms with E-state index in [2.05, 4.69) is 20.6 Å².